The van der Waals surface area contributed by atoms with Gasteiger partial charge in [0.2, 0.25) is 5.91 Å². The van der Waals surface area contributed by atoms with Crippen LogP contribution in [0.15, 0.2) is 24.3 Å². The van der Waals surface area contributed by atoms with E-state index in [1.54, 1.807) is 31.2 Å². The second-order valence-electron chi connectivity index (χ2n) is 5.70. The van der Waals surface area contributed by atoms with Crippen LogP contribution in [0.1, 0.15) is 37.0 Å². The molecule has 1 aliphatic heterocycles. The van der Waals surface area contributed by atoms with E-state index in [-0.39, 0.29) is 36.3 Å². The number of hydrogen-bond donors (Lipinski definition) is 3. The second-order valence-corrected chi connectivity index (χ2v) is 6.14. The maximum atomic E-state index is 12.2. The molecule has 23 heavy (non-hydrogen) atoms. The van der Waals surface area contributed by atoms with Crippen LogP contribution in [0.4, 0.5) is 0 Å². The lowest BCUT2D eigenvalue weighted by Gasteiger charge is -2.31. The Morgan fingerprint density at radius 2 is 1.96 bits per heavy atom. The van der Waals surface area contributed by atoms with Crippen LogP contribution in [0.5, 0.6) is 0 Å². The zero-order valence-corrected chi connectivity index (χ0v) is 14.8. The normalized spacial score (nSPS) is 21.7. The van der Waals surface area contributed by atoms with Gasteiger partial charge in [0.1, 0.15) is 6.04 Å². The molecule has 3 atom stereocenters. The van der Waals surface area contributed by atoms with Gasteiger partial charge in [-0.15, -0.1) is 12.4 Å². The molecule has 3 N–H and O–H groups in total. The van der Waals surface area contributed by atoms with Crippen LogP contribution in [0.3, 0.4) is 0 Å². The molecule has 0 radical (unpaired) electrons. The Kier molecular flexibility index (Phi) is 7.82. The van der Waals surface area contributed by atoms with Gasteiger partial charge in [-0.3, -0.25) is 9.59 Å². The van der Waals surface area contributed by atoms with Crippen LogP contribution >= 0.6 is 24.0 Å². The van der Waals surface area contributed by atoms with Gasteiger partial charge in [0.25, 0.3) is 5.91 Å². The van der Waals surface area contributed by atoms with Crippen molar-refractivity contribution in [3.05, 3.63) is 34.9 Å². The van der Waals surface area contributed by atoms with Gasteiger partial charge in [-0.25, -0.2) is 0 Å². The highest BCUT2D eigenvalue weighted by atomic mass is 35.5. The second kappa shape index (κ2) is 9.11. The minimum absolute atomic E-state index is 0. The van der Waals surface area contributed by atoms with E-state index < -0.39 is 6.04 Å². The summed E-state index contributed by atoms with van der Waals surface area (Å²) in [7, 11) is 0. The first-order chi connectivity index (χ1) is 10.5. The molecule has 0 bridgehead atoms. The van der Waals surface area contributed by atoms with E-state index in [9.17, 15) is 9.59 Å². The molecule has 3 unspecified atom stereocenters. The van der Waals surface area contributed by atoms with Crippen LogP contribution in [-0.2, 0) is 4.79 Å². The Balaban J connectivity index is 0.00000264. The third kappa shape index (κ3) is 5.68. The van der Waals surface area contributed by atoms with E-state index in [4.69, 9.17) is 11.6 Å². The Hall–Kier alpha value is -1.30. The Labute approximate surface area is 148 Å². The van der Waals surface area contributed by atoms with Crippen LogP contribution in [0.2, 0.25) is 5.02 Å². The molecule has 1 aromatic carbocycles. The Morgan fingerprint density at radius 3 is 2.57 bits per heavy atom. The first-order valence-electron chi connectivity index (χ1n) is 7.57. The summed E-state index contributed by atoms with van der Waals surface area (Å²) in [5, 5.41) is 9.61. The fraction of sp³-hybridized carbons (Fsp3) is 0.500. The predicted octanol–water partition coefficient (Wildman–Crippen LogP) is 2.14. The van der Waals surface area contributed by atoms with Crippen LogP contribution in [0.25, 0.3) is 0 Å². The summed E-state index contributed by atoms with van der Waals surface area (Å²) in [5.41, 5.74) is 0.483. The summed E-state index contributed by atoms with van der Waals surface area (Å²) in [4.78, 5) is 24.3. The predicted molar refractivity (Wildman–Crippen MR) is 94.3 cm³/mol. The molecule has 1 heterocycles. The van der Waals surface area contributed by atoms with Crippen molar-refractivity contribution in [1.82, 2.24) is 16.0 Å². The number of carbonyl (C=O) groups is 2. The molecule has 0 aromatic heterocycles. The summed E-state index contributed by atoms with van der Waals surface area (Å²) in [5.74, 6) is -0.447. The van der Waals surface area contributed by atoms with E-state index in [0.717, 1.165) is 19.4 Å². The van der Waals surface area contributed by atoms with Crippen molar-refractivity contribution in [2.45, 2.75) is 44.8 Å². The number of amides is 2. The molecule has 128 valence electrons. The maximum Gasteiger partial charge on any atom is 0.251 e. The van der Waals surface area contributed by atoms with Gasteiger partial charge in [0.15, 0.2) is 0 Å². The van der Waals surface area contributed by atoms with Crippen molar-refractivity contribution >= 4 is 35.8 Å². The third-order valence-electron chi connectivity index (χ3n) is 3.94. The molecule has 0 spiro atoms. The average Bonchev–Trinajstić information content (AvgIpc) is 2.50. The average molecular weight is 360 g/mol. The van der Waals surface area contributed by atoms with Crippen molar-refractivity contribution in [3.8, 4) is 0 Å². The van der Waals surface area contributed by atoms with Gasteiger partial charge < -0.3 is 16.0 Å². The number of halogens is 2. The Bertz CT molecular complexity index is 537. The number of hydrogen-bond acceptors (Lipinski definition) is 3. The SMILES string of the molecule is CC(NC(=O)c1ccc(Cl)cc1)C(=O)NC1CCCNC1C.Cl. The van der Waals surface area contributed by atoms with Crippen LogP contribution < -0.4 is 16.0 Å². The quantitative estimate of drug-likeness (QED) is 0.771. The molecule has 1 aromatic rings. The number of rotatable bonds is 4. The van der Waals surface area contributed by atoms with Gasteiger partial charge in [0.05, 0.1) is 0 Å². The third-order valence-corrected chi connectivity index (χ3v) is 4.19. The summed E-state index contributed by atoms with van der Waals surface area (Å²) in [6.45, 7) is 4.72. The largest absolute Gasteiger partial charge is 0.350 e. The highest BCUT2D eigenvalue weighted by Crippen LogP contribution is 2.10. The molecule has 5 nitrogen and oxygen atoms in total. The van der Waals surface area contributed by atoms with Crippen molar-refractivity contribution < 1.29 is 9.59 Å². The summed E-state index contributed by atoms with van der Waals surface area (Å²) in [6.07, 6.45) is 2.00. The lowest BCUT2D eigenvalue weighted by Crippen LogP contribution is -2.55. The van der Waals surface area contributed by atoms with Crippen molar-refractivity contribution in [2.24, 2.45) is 0 Å². The van der Waals surface area contributed by atoms with Crippen LogP contribution in [-0.4, -0.2) is 36.5 Å². The molecule has 1 fully saturated rings. The molecular formula is C16H23Cl2N3O2. The summed E-state index contributed by atoms with van der Waals surface area (Å²) < 4.78 is 0. The summed E-state index contributed by atoms with van der Waals surface area (Å²) in [6, 6.07) is 6.34. The lowest BCUT2D eigenvalue weighted by molar-refractivity contribution is -0.123. The van der Waals surface area contributed by atoms with Gasteiger partial charge >= 0.3 is 0 Å². The van der Waals surface area contributed by atoms with E-state index >= 15 is 0 Å². The minimum atomic E-state index is -0.586. The van der Waals surface area contributed by atoms with Gasteiger partial charge in [-0.1, -0.05) is 11.6 Å². The zero-order valence-electron chi connectivity index (χ0n) is 13.3. The van der Waals surface area contributed by atoms with E-state index in [2.05, 4.69) is 22.9 Å². The standard InChI is InChI=1S/C16H22ClN3O2.ClH/c1-10-14(4-3-9-18-10)20-15(21)11(2)19-16(22)12-5-7-13(17)8-6-12;/h5-8,10-11,14,18H,3-4,9H2,1-2H3,(H,19,22)(H,20,21);1H. The molecule has 7 heteroatoms. The molecule has 0 aliphatic carbocycles. The van der Waals surface area contributed by atoms with Crippen molar-refractivity contribution in [3.63, 3.8) is 0 Å². The fourth-order valence-electron chi connectivity index (χ4n) is 2.50. The first kappa shape index (κ1) is 19.7. The highest BCUT2D eigenvalue weighted by Gasteiger charge is 2.25. The minimum Gasteiger partial charge on any atom is -0.350 e. The van der Waals surface area contributed by atoms with Crippen molar-refractivity contribution in [1.29, 1.82) is 0 Å². The van der Waals surface area contributed by atoms with Gasteiger partial charge in [-0.2, -0.15) is 0 Å². The molecular weight excluding hydrogens is 337 g/mol. The van der Waals surface area contributed by atoms with E-state index in [1.165, 1.54) is 0 Å². The van der Waals surface area contributed by atoms with E-state index in [1.807, 2.05) is 0 Å². The molecule has 1 saturated heterocycles. The fourth-order valence-corrected chi connectivity index (χ4v) is 2.62. The first-order valence-corrected chi connectivity index (χ1v) is 7.95. The smallest absolute Gasteiger partial charge is 0.251 e. The monoisotopic (exact) mass is 359 g/mol. The maximum absolute atomic E-state index is 12.2. The zero-order chi connectivity index (χ0) is 16.1. The molecule has 2 amide bonds. The molecule has 2 rings (SSSR count). The van der Waals surface area contributed by atoms with E-state index in [0.29, 0.717) is 10.6 Å². The van der Waals surface area contributed by atoms with Crippen molar-refractivity contribution in [2.75, 3.05) is 6.54 Å². The number of piperidine rings is 1. The van der Waals surface area contributed by atoms with Gasteiger partial charge in [0, 0.05) is 22.7 Å². The lowest BCUT2D eigenvalue weighted by atomic mass is 9.99. The topological polar surface area (TPSA) is 70.2 Å². The molecule has 1 aliphatic rings. The highest BCUT2D eigenvalue weighted by molar-refractivity contribution is 6.30. The number of benzene rings is 1. The molecule has 0 saturated carbocycles. The number of carbonyl (C=O) groups excluding carboxylic acids is 2. The number of nitrogens with one attached hydrogen (secondary N) is 3. The summed E-state index contributed by atoms with van der Waals surface area (Å²) >= 11 is 5.79. The Morgan fingerprint density at radius 1 is 1.30 bits per heavy atom. The van der Waals surface area contributed by atoms with Gasteiger partial charge in [-0.05, 0) is 57.5 Å². The van der Waals surface area contributed by atoms with Crippen LogP contribution in [0, 0.1) is 0 Å².